The molecule has 0 atom stereocenters. The lowest BCUT2D eigenvalue weighted by Crippen LogP contribution is -1.95. The summed E-state index contributed by atoms with van der Waals surface area (Å²) < 4.78 is 6.84. The second-order valence-electron chi connectivity index (χ2n) is 5.07. The number of rotatable bonds is 5. The van der Waals surface area contributed by atoms with Gasteiger partial charge in [-0.1, -0.05) is 42.5 Å². The Labute approximate surface area is 145 Å². The zero-order valence-electron chi connectivity index (χ0n) is 13.3. The van der Waals surface area contributed by atoms with Crippen molar-refractivity contribution in [3.05, 3.63) is 71.3 Å². The highest BCUT2D eigenvalue weighted by Gasteiger charge is 2.10. The summed E-state index contributed by atoms with van der Waals surface area (Å²) in [7, 11) is 0. The standard InChI is InChI=1S/C20H16N2OS/c1-2-3-12-23-18-10-6-4-8-15(18)13-16(14-21)20-22-17-9-5-7-11-19(17)24-20/h2-11,13H,12H2,1H3/b3-2+,16-13+. The average molecular weight is 332 g/mol. The Morgan fingerprint density at radius 3 is 2.79 bits per heavy atom. The zero-order chi connectivity index (χ0) is 16.8. The van der Waals surface area contributed by atoms with Crippen LogP contribution in [0.25, 0.3) is 21.9 Å². The van der Waals surface area contributed by atoms with Crippen LogP contribution in [0, 0.1) is 11.3 Å². The minimum absolute atomic E-state index is 0.504. The van der Waals surface area contributed by atoms with Crippen molar-refractivity contribution >= 4 is 33.2 Å². The number of nitrogens with zero attached hydrogens (tertiary/aromatic N) is 2. The van der Waals surface area contributed by atoms with Gasteiger partial charge in [0, 0.05) is 5.56 Å². The first-order valence-electron chi connectivity index (χ1n) is 7.62. The van der Waals surface area contributed by atoms with Crippen molar-refractivity contribution in [1.82, 2.24) is 4.98 Å². The molecule has 0 spiro atoms. The van der Waals surface area contributed by atoms with E-state index in [-0.39, 0.29) is 0 Å². The molecular formula is C20H16N2OS. The van der Waals surface area contributed by atoms with E-state index in [1.54, 1.807) is 0 Å². The van der Waals surface area contributed by atoms with Crippen LogP contribution in [0.4, 0.5) is 0 Å². The van der Waals surface area contributed by atoms with Gasteiger partial charge in [0.25, 0.3) is 0 Å². The number of para-hydroxylation sites is 2. The maximum atomic E-state index is 9.57. The van der Waals surface area contributed by atoms with Gasteiger partial charge in [-0.15, -0.1) is 11.3 Å². The van der Waals surface area contributed by atoms with Crippen molar-refractivity contribution in [2.45, 2.75) is 6.92 Å². The largest absolute Gasteiger partial charge is 0.489 e. The van der Waals surface area contributed by atoms with E-state index in [1.807, 2.05) is 73.7 Å². The molecule has 3 rings (SSSR count). The predicted octanol–water partition coefficient (Wildman–Crippen LogP) is 5.32. The molecule has 0 radical (unpaired) electrons. The Hall–Kier alpha value is -2.90. The van der Waals surface area contributed by atoms with Gasteiger partial charge in [-0.25, -0.2) is 4.98 Å². The molecule has 2 aromatic carbocycles. The van der Waals surface area contributed by atoms with Gasteiger partial charge in [-0.05, 0) is 31.2 Å². The van der Waals surface area contributed by atoms with E-state index in [2.05, 4.69) is 11.1 Å². The molecule has 0 amide bonds. The maximum absolute atomic E-state index is 9.57. The Balaban J connectivity index is 1.97. The molecule has 118 valence electrons. The van der Waals surface area contributed by atoms with Crippen LogP contribution in [0.5, 0.6) is 5.75 Å². The number of hydrogen-bond acceptors (Lipinski definition) is 4. The molecule has 3 nitrogen and oxygen atoms in total. The van der Waals surface area contributed by atoms with E-state index in [4.69, 9.17) is 4.74 Å². The van der Waals surface area contributed by atoms with Gasteiger partial charge in [-0.2, -0.15) is 5.26 Å². The van der Waals surface area contributed by atoms with Crippen LogP contribution < -0.4 is 4.74 Å². The second kappa shape index (κ2) is 7.58. The number of nitriles is 1. The topological polar surface area (TPSA) is 45.9 Å². The molecule has 0 N–H and O–H groups in total. The highest BCUT2D eigenvalue weighted by atomic mass is 32.1. The molecule has 0 aliphatic rings. The Bertz CT molecular complexity index is 914. The van der Waals surface area contributed by atoms with Crippen LogP contribution in [-0.4, -0.2) is 11.6 Å². The molecule has 4 heteroatoms. The summed E-state index contributed by atoms with van der Waals surface area (Å²) in [6.45, 7) is 2.46. The Morgan fingerprint density at radius 1 is 1.21 bits per heavy atom. The summed E-state index contributed by atoms with van der Waals surface area (Å²) >= 11 is 1.52. The fraction of sp³-hybridized carbons (Fsp3) is 0.100. The predicted molar refractivity (Wildman–Crippen MR) is 99.9 cm³/mol. The smallest absolute Gasteiger partial charge is 0.135 e. The van der Waals surface area contributed by atoms with Crippen LogP contribution in [-0.2, 0) is 0 Å². The first kappa shape index (κ1) is 16.0. The van der Waals surface area contributed by atoms with Gasteiger partial charge < -0.3 is 4.74 Å². The van der Waals surface area contributed by atoms with Crippen molar-refractivity contribution in [2.75, 3.05) is 6.61 Å². The molecular weight excluding hydrogens is 316 g/mol. The van der Waals surface area contributed by atoms with E-state index in [0.717, 1.165) is 26.5 Å². The van der Waals surface area contributed by atoms with Crippen molar-refractivity contribution in [2.24, 2.45) is 0 Å². The maximum Gasteiger partial charge on any atom is 0.135 e. The van der Waals surface area contributed by atoms with Crippen LogP contribution >= 0.6 is 11.3 Å². The number of aromatic nitrogens is 1. The van der Waals surface area contributed by atoms with Crippen molar-refractivity contribution < 1.29 is 4.74 Å². The number of allylic oxidation sites excluding steroid dienone is 2. The summed E-state index contributed by atoms with van der Waals surface area (Å²) in [5.41, 5.74) is 2.33. The third-order valence-electron chi connectivity index (χ3n) is 3.43. The lowest BCUT2D eigenvalue weighted by molar-refractivity contribution is 0.362. The minimum Gasteiger partial charge on any atom is -0.489 e. The zero-order valence-corrected chi connectivity index (χ0v) is 14.1. The van der Waals surface area contributed by atoms with Crippen molar-refractivity contribution in [3.8, 4) is 11.8 Å². The van der Waals surface area contributed by atoms with E-state index in [9.17, 15) is 5.26 Å². The number of thiazole rings is 1. The van der Waals surface area contributed by atoms with Gasteiger partial charge in [-0.3, -0.25) is 0 Å². The summed E-state index contributed by atoms with van der Waals surface area (Å²) in [6, 6.07) is 17.9. The number of fused-ring (bicyclic) bond motifs is 1. The van der Waals surface area contributed by atoms with Crippen molar-refractivity contribution in [1.29, 1.82) is 5.26 Å². The highest BCUT2D eigenvalue weighted by molar-refractivity contribution is 7.19. The van der Waals surface area contributed by atoms with Gasteiger partial charge >= 0.3 is 0 Å². The summed E-state index contributed by atoms with van der Waals surface area (Å²) in [4.78, 5) is 4.56. The quantitative estimate of drug-likeness (QED) is 0.469. The molecule has 0 saturated heterocycles. The normalized spacial score (nSPS) is 11.8. The molecule has 0 bridgehead atoms. The second-order valence-corrected chi connectivity index (χ2v) is 6.11. The number of hydrogen-bond donors (Lipinski definition) is 0. The molecule has 1 heterocycles. The lowest BCUT2D eigenvalue weighted by Gasteiger charge is -2.07. The fourth-order valence-corrected chi connectivity index (χ4v) is 3.18. The van der Waals surface area contributed by atoms with Gasteiger partial charge in [0.05, 0.1) is 15.8 Å². The molecule has 0 fully saturated rings. The van der Waals surface area contributed by atoms with Crippen LogP contribution in [0.3, 0.4) is 0 Å². The fourth-order valence-electron chi connectivity index (χ4n) is 2.25. The van der Waals surface area contributed by atoms with Crippen LogP contribution in [0.15, 0.2) is 60.7 Å². The Morgan fingerprint density at radius 2 is 2.00 bits per heavy atom. The number of benzene rings is 2. The van der Waals surface area contributed by atoms with E-state index >= 15 is 0 Å². The molecule has 0 unspecified atom stereocenters. The average Bonchev–Trinajstić information content (AvgIpc) is 3.05. The SMILES string of the molecule is C/C=C/COc1ccccc1/C=C(\C#N)c1nc2ccccc2s1. The summed E-state index contributed by atoms with van der Waals surface area (Å²) in [5, 5.41) is 10.3. The van der Waals surface area contributed by atoms with Gasteiger partial charge in [0.1, 0.15) is 23.4 Å². The van der Waals surface area contributed by atoms with E-state index in [0.29, 0.717) is 12.2 Å². The molecule has 3 aromatic rings. The molecule has 1 aromatic heterocycles. The first-order chi connectivity index (χ1) is 11.8. The molecule has 0 saturated carbocycles. The summed E-state index contributed by atoms with van der Waals surface area (Å²) in [5.74, 6) is 0.754. The number of ether oxygens (including phenoxy) is 1. The van der Waals surface area contributed by atoms with Crippen LogP contribution in [0.2, 0.25) is 0 Å². The molecule has 0 aliphatic carbocycles. The molecule has 0 aliphatic heterocycles. The van der Waals surface area contributed by atoms with Crippen LogP contribution in [0.1, 0.15) is 17.5 Å². The van der Waals surface area contributed by atoms with Gasteiger partial charge in [0.15, 0.2) is 0 Å². The Kier molecular flexibility index (Phi) is 5.05. The first-order valence-corrected chi connectivity index (χ1v) is 8.44. The highest BCUT2D eigenvalue weighted by Crippen LogP contribution is 2.29. The molecule has 24 heavy (non-hydrogen) atoms. The summed E-state index contributed by atoms with van der Waals surface area (Å²) in [6.07, 6.45) is 5.72. The van der Waals surface area contributed by atoms with Gasteiger partial charge in [0.2, 0.25) is 0 Å². The lowest BCUT2D eigenvalue weighted by atomic mass is 10.1. The third-order valence-corrected chi connectivity index (χ3v) is 4.50. The minimum atomic E-state index is 0.504. The third kappa shape index (κ3) is 3.53. The van der Waals surface area contributed by atoms with E-state index < -0.39 is 0 Å². The van der Waals surface area contributed by atoms with E-state index in [1.165, 1.54) is 11.3 Å². The van der Waals surface area contributed by atoms with Crippen molar-refractivity contribution in [3.63, 3.8) is 0 Å². The monoisotopic (exact) mass is 332 g/mol.